The summed E-state index contributed by atoms with van der Waals surface area (Å²) in [6, 6.07) is 3.40. The van der Waals surface area contributed by atoms with Crippen molar-refractivity contribution in [2.45, 2.75) is 146 Å². The fourth-order valence-electron chi connectivity index (χ4n) is 6.81. The summed E-state index contributed by atoms with van der Waals surface area (Å²) < 4.78 is 0. The lowest BCUT2D eigenvalue weighted by atomic mass is 9.75. The third-order valence-corrected chi connectivity index (χ3v) is 8.51. The fraction of sp³-hybridized carbons (Fsp3) is 1.00. The van der Waals surface area contributed by atoms with Gasteiger partial charge in [0, 0.05) is 24.2 Å². The SMILES string of the molecule is C1CCC(NC2CCC(CC3CCC(NC4CCCCC4)CC3)CC2)CC1. The van der Waals surface area contributed by atoms with Crippen LogP contribution in [0.25, 0.3) is 0 Å². The van der Waals surface area contributed by atoms with Crippen LogP contribution in [-0.2, 0) is 0 Å². The number of rotatable bonds is 6. The summed E-state index contributed by atoms with van der Waals surface area (Å²) in [7, 11) is 0. The van der Waals surface area contributed by atoms with Gasteiger partial charge < -0.3 is 10.6 Å². The molecule has 0 atom stereocenters. The highest BCUT2D eigenvalue weighted by Crippen LogP contribution is 2.36. The van der Waals surface area contributed by atoms with Gasteiger partial charge in [-0.3, -0.25) is 0 Å². The van der Waals surface area contributed by atoms with Crippen molar-refractivity contribution in [3.05, 3.63) is 0 Å². The largest absolute Gasteiger partial charge is 0.311 e. The fourth-order valence-corrected chi connectivity index (χ4v) is 6.81. The Morgan fingerprint density at radius 1 is 0.370 bits per heavy atom. The maximum Gasteiger partial charge on any atom is 0.00698 e. The topological polar surface area (TPSA) is 24.1 Å². The molecule has 4 aliphatic carbocycles. The molecule has 0 spiro atoms. The van der Waals surface area contributed by atoms with E-state index < -0.39 is 0 Å². The van der Waals surface area contributed by atoms with Crippen molar-refractivity contribution in [2.75, 3.05) is 0 Å². The van der Waals surface area contributed by atoms with Gasteiger partial charge in [-0.25, -0.2) is 0 Å². The van der Waals surface area contributed by atoms with E-state index in [0.29, 0.717) is 0 Å². The Labute approximate surface area is 169 Å². The molecule has 0 aromatic rings. The van der Waals surface area contributed by atoms with E-state index in [0.717, 1.165) is 36.0 Å². The molecule has 0 saturated heterocycles. The van der Waals surface area contributed by atoms with Crippen LogP contribution in [-0.4, -0.2) is 24.2 Å². The van der Waals surface area contributed by atoms with Gasteiger partial charge in [0.05, 0.1) is 0 Å². The van der Waals surface area contributed by atoms with Crippen LogP contribution in [0.4, 0.5) is 0 Å². The molecule has 0 aromatic carbocycles. The number of nitrogens with one attached hydrogen (secondary N) is 2. The molecule has 0 aromatic heterocycles. The Kier molecular flexibility index (Phi) is 7.95. The maximum atomic E-state index is 4.02. The van der Waals surface area contributed by atoms with Crippen molar-refractivity contribution in [2.24, 2.45) is 11.8 Å². The van der Waals surface area contributed by atoms with E-state index in [1.807, 2.05) is 0 Å². The second kappa shape index (κ2) is 10.6. The molecule has 0 unspecified atom stereocenters. The standard InChI is InChI=1S/C25H46N2/c1-3-7-22(8-4-1)26-24-15-11-20(12-16-24)19-21-13-17-25(18-14-21)27-23-9-5-2-6-10-23/h20-27H,1-19H2. The zero-order chi connectivity index (χ0) is 18.3. The highest BCUT2D eigenvalue weighted by Gasteiger charge is 2.28. The molecular formula is C25H46N2. The summed E-state index contributed by atoms with van der Waals surface area (Å²) in [5, 5.41) is 8.04. The summed E-state index contributed by atoms with van der Waals surface area (Å²) in [4.78, 5) is 0. The van der Waals surface area contributed by atoms with E-state index in [9.17, 15) is 0 Å². The molecule has 0 radical (unpaired) electrons. The first-order valence-electron chi connectivity index (χ1n) is 12.9. The number of hydrogen-bond donors (Lipinski definition) is 2. The zero-order valence-corrected chi connectivity index (χ0v) is 17.9. The average molecular weight is 375 g/mol. The lowest BCUT2D eigenvalue weighted by Crippen LogP contribution is -2.42. The third kappa shape index (κ3) is 6.46. The third-order valence-electron chi connectivity index (χ3n) is 8.51. The van der Waals surface area contributed by atoms with Crippen LogP contribution in [0.1, 0.15) is 122 Å². The van der Waals surface area contributed by atoms with Crippen molar-refractivity contribution < 1.29 is 0 Å². The van der Waals surface area contributed by atoms with Gasteiger partial charge in [0.2, 0.25) is 0 Å². The van der Waals surface area contributed by atoms with Gasteiger partial charge in [0.25, 0.3) is 0 Å². The zero-order valence-electron chi connectivity index (χ0n) is 17.9. The first kappa shape index (κ1) is 20.2. The summed E-state index contributed by atoms with van der Waals surface area (Å²) in [5.41, 5.74) is 0. The second-order valence-corrected chi connectivity index (χ2v) is 10.7. The summed E-state index contributed by atoms with van der Waals surface area (Å²) in [6.07, 6.45) is 28.0. The minimum atomic E-state index is 0.847. The Balaban J connectivity index is 1.09. The Morgan fingerprint density at radius 2 is 0.704 bits per heavy atom. The van der Waals surface area contributed by atoms with E-state index in [-0.39, 0.29) is 0 Å². The first-order valence-corrected chi connectivity index (χ1v) is 12.9. The maximum absolute atomic E-state index is 4.02. The Bertz CT molecular complexity index is 357. The quantitative estimate of drug-likeness (QED) is 0.567. The average Bonchev–Trinajstić information content (AvgIpc) is 2.73. The lowest BCUT2D eigenvalue weighted by molar-refractivity contribution is 0.190. The summed E-state index contributed by atoms with van der Waals surface area (Å²) in [6.45, 7) is 0. The van der Waals surface area contributed by atoms with Crippen molar-refractivity contribution >= 4 is 0 Å². The van der Waals surface area contributed by atoms with Crippen LogP contribution in [0.2, 0.25) is 0 Å². The molecule has 27 heavy (non-hydrogen) atoms. The second-order valence-electron chi connectivity index (χ2n) is 10.7. The summed E-state index contributed by atoms with van der Waals surface area (Å²) >= 11 is 0. The van der Waals surface area contributed by atoms with Gasteiger partial charge in [-0.15, -0.1) is 0 Å². The monoisotopic (exact) mass is 374 g/mol. The van der Waals surface area contributed by atoms with Crippen LogP contribution >= 0.6 is 0 Å². The Morgan fingerprint density at radius 3 is 1.07 bits per heavy atom. The highest BCUT2D eigenvalue weighted by molar-refractivity contribution is 4.86. The predicted molar refractivity (Wildman–Crippen MR) is 116 cm³/mol. The molecule has 2 heteroatoms. The lowest BCUT2D eigenvalue weighted by Gasteiger charge is -2.37. The van der Waals surface area contributed by atoms with Crippen molar-refractivity contribution in [1.82, 2.24) is 10.6 Å². The van der Waals surface area contributed by atoms with E-state index in [2.05, 4.69) is 10.6 Å². The molecule has 0 aliphatic heterocycles. The molecule has 0 heterocycles. The minimum Gasteiger partial charge on any atom is -0.311 e. The molecule has 156 valence electrons. The molecule has 2 N–H and O–H groups in total. The van der Waals surface area contributed by atoms with Gasteiger partial charge in [-0.05, 0) is 95.3 Å². The van der Waals surface area contributed by atoms with Crippen LogP contribution < -0.4 is 10.6 Å². The molecular weight excluding hydrogens is 328 g/mol. The molecule has 4 fully saturated rings. The van der Waals surface area contributed by atoms with Crippen LogP contribution in [0.5, 0.6) is 0 Å². The van der Waals surface area contributed by atoms with Crippen molar-refractivity contribution in [1.29, 1.82) is 0 Å². The predicted octanol–water partition coefficient (Wildman–Crippen LogP) is 6.34. The Hall–Kier alpha value is -0.0800. The van der Waals surface area contributed by atoms with Gasteiger partial charge in [-0.2, -0.15) is 0 Å². The molecule has 4 aliphatic rings. The normalized spacial score (nSPS) is 37.3. The van der Waals surface area contributed by atoms with Crippen LogP contribution in [0.15, 0.2) is 0 Å². The summed E-state index contributed by atoms with van der Waals surface area (Å²) in [5.74, 6) is 2.09. The molecule has 4 saturated carbocycles. The molecule has 2 nitrogen and oxygen atoms in total. The van der Waals surface area contributed by atoms with Gasteiger partial charge in [0.15, 0.2) is 0 Å². The van der Waals surface area contributed by atoms with E-state index in [4.69, 9.17) is 0 Å². The van der Waals surface area contributed by atoms with Crippen LogP contribution in [0.3, 0.4) is 0 Å². The first-order chi connectivity index (χ1) is 13.3. The van der Waals surface area contributed by atoms with Gasteiger partial charge >= 0.3 is 0 Å². The highest BCUT2D eigenvalue weighted by atomic mass is 15.0. The van der Waals surface area contributed by atoms with Crippen molar-refractivity contribution in [3.63, 3.8) is 0 Å². The minimum absolute atomic E-state index is 0.847. The molecule has 4 rings (SSSR count). The van der Waals surface area contributed by atoms with Gasteiger partial charge in [0.1, 0.15) is 0 Å². The smallest absolute Gasteiger partial charge is 0.00698 e. The van der Waals surface area contributed by atoms with E-state index in [1.54, 1.807) is 6.42 Å². The number of hydrogen-bond acceptors (Lipinski definition) is 2. The molecule has 0 bridgehead atoms. The van der Waals surface area contributed by atoms with Crippen LogP contribution in [0, 0.1) is 11.8 Å². The van der Waals surface area contributed by atoms with E-state index >= 15 is 0 Å². The van der Waals surface area contributed by atoms with Crippen molar-refractivity contribution in [3.8, 4) is 0 Å². The van der Waals surface area contributed by atoms with E-state index in [1.165, 1.54) is 116 Å². The molecule has 0 amide bonds. The van der Waals surface area contributed by atoms with Gasteiger partial charge in [-0.1, -0.05) is 38.5 Å².